The first-order valence-corrected chi connectivity index (χ1v) is 17.0. The highest BCUT2D eigenvalue weighted by molar-refractivity contribution is 5.79. The first-order valence-electron chi connectivity index (χ1n) is 17.0. The third-order valence-corrected chi connectivity index (χ3v) is 10.7. The van der Waals surface area contributed by atoms with Crippen molar-refractivity contribution in [3.8, 4) is 0 Å². The van der Waals surface area contributed by atoms with Crippen LogP contribution in [0.1, 0.15) is 92.2 Å². The fraction of sp³-hybridized carbons (Fsp3) is 0.639. The first kappa shape index (κ1) is 34.7. The molecule has 10 heteroatoms. The molecule has 0 spiro atoms. The number of nitrogens with zero attached hydrogens (tertiary/aromatic N) is 3. The number of alkyl halides is 6. The van der Waals surface area contributed by atoms with Crippen molar-refractivity contribution in [3.63, 3.8) is 0 Å². The Hall–Kier alpha value is -2.59. The Morgan fingerprint density at radius 2 is 1.43 bits per heavy atom. The Kier molecular flexibility index (Phi) is 10.8. The number of hydrogen-bond acceptors (Lipinski definition) is 3. The number of amides is 1. The van der Waals surface area contributed by atoms with E-state index in [1.807, 2.05) is 0 Å². The zero-order chi connectivity index (χ0) is 33.1. The molecule has 0 bridgehead atoms. The van der Waals surface area contributed by atoms with Gasteiger partial charge in [0.25, 0.3) is 0 Å². The molecule has 1 atom stereocenters. The Morgan fingerprint density at radius 1 is 0.804 bits per heavy atom. The lowest BCUT2D eigenvalue weighted by atomic mass is 9.75. The normalized spacial score (nSPS) is 22.5. The standard InChI is InChI=1S/C36H47F6N3O/c1-3-27-10-11-29(23-28(27)4-2)34(12-14-43-16-18-44(19-17-43)32-8-6-5-7-9-32)13-15-45(25-34)33(46)22-26-20-30(35(37,38)39)24-31(21-26)36(40,41)42/h10-11,20-21,23-24,32H,3-9,12-19,22,25H2,1-2H3/t34-/m1/s1. The molecule has 46 heavy (non-hydrogen) atoms. The summed E-state index contributed by atoms with van der Waals surface area (Å²) in [4.78, 5) is 20.3. The highest BCUT2D eigenvalue weighted by Gasteiger charge is 2.42. The summed E-state index contributed by atoms with van der Waals surface area (Å²) in [5.74, 6) is -0.448. The summed E-state index contributed by atoms with van der Waals surface area (Å²) in [6.07, 6.45) is -0.533. The van der Waals surface area contributed by atoms with Crippen LogP contribution < -0.4 is 0 Å². The van der Waals surface area contributed by atoms with Crippen molar-refractivity contribution in [1.82, 2.24) is 14.7 Å². The molecule has 2 aliphatic heterocycles. The average Bonchev–Trinajstić information content (AvgIpc) is 3.49. The molecule has 1 saturated carbocycles. The smallest absolute Gasteiger partial charge is 0.341 e. The maximum absolute atomic E-state index is 13.5. The van der Waals surface area contributed by atoms with Crippen molar-refractivity contribution in [2.45, 2.75) is 102 Å². The Bertz CT molecular complexity index is 1310. The van der Waals surface area contributed by atoms with E-state index in [2.05, 4.69) is 41.8 Å². The molecule has 2 heterocycles. The lowest BCUT2D eigenvalue weighted by molar-refractivity contribution is -0.143. The van der Waals surface area contributed by atoms with Crippen LogP contribution in [-0.2, 0) is 41.8 Å². The van der Waals surface area contributed by atoms with Crippen molar-refractivity contribution >= 4 is 5.91 Å². The maximum atomic E-state index is 13.5. The zero-order valence-electron chi connectivity index (χ0n) is 27.1. The SMILES string of the molecule is CCc1ccc([C@]2(CCN3CCN(C4CCCCC4)CC3)CCN(C(=O)Cc3cc(C(F)(F)F)cc(C(F)(F)F)c3)C2)cc1CC. The fourth-order valence-electron chi connectivity index (χ4n) is 7.88. The van der Waals surface area contributed by atoms with Gasteiger partial charge in [-0.2, -0.15) is 26.3 Å². The van der Waals surface area contributed by atoms with Gasteiger partial charge in [-0.3, -0.25) is 9.69 Å². The number of carbonyl (C=O) groups is 1. The van der Waals surface area contributed by atoms with Gasteiger partial charge in [-0.1, -0.05) is 51.3 Å². The quantitative estimate of drug-likeness (QED) is 0.258. The Balaban J connectivity index is 1.32. The zero-order valence-corrected chi connectivity index (χ0v) is 27.1. The molecule has 2 saturated heterocycles. The van der Waals surface area contributed by atoms with Gasteiger partial charge in [0.15, 0.2) is 0 Å². The van der Waals surface area contributed by atoms with Crippen LogP contribution >= 0.6 is 0 Å². The van der Waals surface area contributed by atoms with Crippen LogP contribution in [-0.4, -0.2) is 72.5 Å². The molecule has 5 rings (SSSR count). The van der Waals surface area contributed by atoms with Gasteiger partial charge in [-0.25, -0.2) is 0 Å². The minimum Gasteiger partial charge on any atom is -0.341 e. The van der Waals surface area contributed by atoms with E-state index in [1.54, 1.807) is 4.90 Å². The molecular formula is C36H47F6N3O. The molecule has 1 amide bonds. The Morgan fingerprint density at radius 3 is 2.02 bits per heavy atom. The molecule has 3 fully saturated rings. The predicted octanol–water partition coefficient (Wildman–Crippen LogP) is 7.90. The summed E-state index contributed by atoms with van der Waals surface area (Å²) in [7, 11) is 0. The van der Waals surface area contributed by atoms with Gasteiger partial charge >= 0.3 is 12.4 Å². The van der Waals surface area contributed by atoms with Crippen LogP contribution in [0.3, 0.4) is 0 Å². The fourth-order valence-corrected chi connectivity index (χ4v) is 7.88. The molecule has 2 aromatic carbocycles. The lowest BCUT2D eigenvalue weighted by Gasteiger charge is -2.42. The van der Waals surface area contributed by atoms with Crippen molar-refractivity contribution in [1.29, 1.82) is 0 Å². The van der Waals surface area contributed by atoms with Gasteiger partial charge in [0.05, 0.1) is 17.5 Å². The number of halogens is 6. The van der Waals surface area contributed by atoms with Gasteiger partial charge in [-0.15, -0.1) is 0 Å². The van der Waals surface area contributed by atoms with Crippen LogP contribution in [0.2, 0.25) is 0 Å². The second kappa shape index (κ2) is 14.3. The van der Waals surface area contributed by atoms with Gasteiger partial charge in [0.1, 0.15) is 0 Å². The first-order chi connectivity index (χ1) is 21.8. The molecule has 254 valence electrons. The second-order valence-electron chi connectivity index (χ2n) is 13.5. The molecule has 3 aliphatic rings. The molecule has 0 aromatic heterocycles. The maximum Gasteiger partial charge on any atom is 0.416 e. The van der Waals surface area contributed by atoms with Crippen LogP contribution in [0.15, 0.2) is 36.4 Å². The van der Waals surface area contributed by atoms with E-state index in [4.69, 9.17) is 0 Å². The summed E-state index contributed by atoms with van der Waals surface area (Å²) in [6, 6.07) is 8.73. The van der Waals surface area contributed by atoms with Gasteiger partial charge in [0, 0.05) is 50.7 Å². The third-order valence-electron chi connectivity index (χ3n) is 10.7. The number of carbonyl (C=O) groups excluding carboxylic acids is 1. The van der Waals surface area contributed by atoms with Gasteiger partial charge in [-0.05, 0) is 85.5 Å². The van der Waals surface area contributed by atoms with E-state index < -0.39 is 35.8 Å². The average molecular weight is 652 g/mol. The monoisotopic (exact) mass is 651 g/mol. The minimum atomic E-state index is -4.95. The summed E-state index contributed by atoms with van der Waals surface area (Å²) in [6.45, 7) is 10.1. The van der Waals surface area contributed by atoms with Crippen molar-refractivity contribution < 1.29 is 31.1 Å². The van der Waals surface area contributed by atoms with Crippen molar-refractivity contribution in [3.05, 3.63) is 69.8 Å². The number of aryl methyl sites for hydroxylation is 2. The minimum absolute atomic E-state index is 0.106. The van der Waals surface area contributed by atoms with E-state index in [9.17, 15) is 31.1 Å². The number of piperazine rings is 1. The van der Waals surface area contributed by atoms with E-state index >= 15 is 0 Å². The molecule has 0 N–H and O–H groups in total. The highest BCUT2D eigenvalue weighted by Crippen LogP contribution is 2.40. The predicted molar refractivity (Wildman–Crippen MR) is 168 cm³/mol. The van der Waals surface area contributed by atoms with E-state index in [-0.39, 0.29) is 17.0 Å². The van der Waals surface area contributed by atoms with Crippen LogP contribution in [0.25, 0.3) is 0 Å². The van der Waals surface area contributed by atoms with E-state index in [1.165, 1.54) is 43.2 Å². The number of rotatable bonds is 9. The van der Waals surface area contributed by atoms with Crippen molar-refractivity contribution in [2.75, 3.05) is 45.8 Å². The van der Waals surface area contributed by atoms with E-state index in [0.717, 1.165) is 57.5 Å². The third kappa shape index (κ3) is 8.09. The van der Waals surface area contributed by atoms with Crippen molar-refractivity contribution in [2.24, 2.45) is 0 Å². The molecule has 1 aliphatic carbocycles. The lowest BCUT2D eigenvalue weighted by Crippen LogP contribution is -2.51. The van der Waals surface area contributed by atoms with Crippen LogP contribution in [0.5, 0.6) is 0 Å². The molecule has 4 nitrogen and oxygen atoms in total. The molecule has 0 unspecified atom stereocenters. The Labute approximate surface area is 269 Å². The van der Waals surface area contributed by atoms with Crippen LogP contribution in [0, 0.1) is 0 Å². The summed E-state index contributed by atoms with van der Waals surface area (Å²) in [5, 5.41) is 0. The van der Waals surface area contributed by atoms with E-state index in [0.29, 0.717) is 37.7 Å². The second-order valence-corrected chi connectivity index (χ2v) is 13.5. The number of likely N-dealkylation sites (tertiary alicyclic amines) is 1. The topological polar surface area (TPSA) is 26.8 Å². The molecule has 2 aromatic rings. The van der Waals surface area contributed by atoms with Crippen LogP contribution in [0.4, 0.5) is 26.3 Å². The summed E-state index contributed by atoms with van der Waals surface area (Å²) in [5.41, 5.74) is 0.319. The molecular weight excluding hydrogens is 604 g/mol. The van der Waals surface area contributed by atoms with Gasteiger partial charge in [0.2, 0.25) is 5.91 Å². The number of hydrogen-bond donors (Lipinski definition) is 0. The summed E-state index contributed by atoms with van der Waals surface area (Å²) < 4.78 is 80.8. The number of benzene rings is 2. The largest absolute Gasteiger partial charge is 0.416 e. The summed E-state index contributed by atoms with van der Waals surface area (Å²) >= 11 is 0. The highest BCUT2D eigenvalue weighted by atomic mass is 19.4. The van der Waals surface area contributed by atoms with Gasteiger partial charge < -0.3 is 9.80 Å². The molecule has 0 radical (unpaired) electrons.